The number of hydrogen-bond acceptors (Lipinski definition) is 3. The van der Waals surface area contributed by atoms with Crippen LogP contribution < -0.4 is 0 Å². The number of H-pyrrole nitrogens is 1. The summed E-state index contributed by atoms with van der Waals surface area (Å²) in [4.78, 5) is 20.4. The molecule has 1 fully saturated rings. The first-order chi connectivity index (χ1) is 7.46. The summed E-state index contributed by atoms with van der Waals surface area (Å²) in [5.41, 5.74) is 0.592. The zero-order chi connectivity index (χ0) is 11.8. The molecule has 0 saturated carbocycles. The number of imidazole rings is 1. The maximum absolute atomic E-state index is 11.6. The molecule has 0 aromatic carbocycles. The second kappa shape index (κ2) is 3.81. The van der Waals surface area contributed by atoms with Crippen LogP contribution in [0.4, 0.5) is 4.79 Å². The maximum atomic E-state index is 11.6. The number of hydrogen-bond donors (Lipinski definition) is 1. The fourth-order valence-electron chi connectivity index (χ4n) is 1.64. The summed E-state index contributed by atoms with van der Waals surface area (Å²) in [5, 5.41) is 0. The van der Waals surface area contributed by atoms with E-state index in [1.807, 2.05) is 27.0 Å². The highest BCUT2D eigenvalue weighted by molar-refractivity contribution is 5.69. The van der Waals surface area contributed by atoms with E-state index in [1.54, 1.807) is 11.2 Å². The van der Waals surface area contributed by atoms with E-state index in [4.69, 9.17) is 4.74 Å². The van der Waals surface area contributed by atoms with Crippen molar-refractivity contribution in [3.63, 3.8) is 0 Å². The van der Waals surface area contributed by atoms with E-state index in [1.165, 1.54) is 0 Å². The molecule has 2 rings (SSSR count). The SMILES string of the molecule is CC(C)(C)OC(=O)N1CC(c2c[nH]cn2)C1. The van der Waals surface area contributed by atoms with Crippen LogP contribution in [-0.4, -0.2) is 39.7 Å². The van der Waals surface area contributed by atoms with Gasteiger partial charge in [0.2, 0.25) is 0 Å². The Hall–Kier alpha value is -1.52. The van der Waals surface area contributed by atoms with Crippen LogP contribution in [0.15, 0.2) is 12.5 Å². The third kappa shape index (κ3) is 2.35. The molecule has 2 heterocycles. The van der Waals surface area contributed by atoms with Gasteiger partial charge in [0.15, 0.2) is 0 Å². The molecule has 0 aliphatic carbocycles. The molecule has 1 aliphatic heterocycles. The minimum absolute atomic E-state index is 0.237. The molecule has 5 heteroatoms. The highest BCUT2D eigenvalue weighted by Gasteiger charge is 2.35. The number of ether oxygens (including phenoxy) is 1. The van der Waals surface area contributed by atoms with Gasteiger partial charge in [-0.05, 0) is 20.8 Å². The van der Waals surface area contributed by atoms with E-state index in [9.17, 15) is 4.79 Å². The van der Waals surface area contributed by atoms with Crippen LogP contribution in [-0.2, 0) is 4.74 Å². The average molecular weight is 223 g/mol. The van der Waals surface area contributed by atoms with Crippen LogP contribution in [0.5, 0.6) is 0 Å². The van der Waals surface area contributed by atoms with Crippen molar-refractivity contribution in [2.75, 3.05) is 13.1 Å². The first kappa shape index (κ1) is 11.0. The van der Waals surface area contributed by atoms with Crippen molar-refractivity contribution < 1.29 is 9.53 Å². The fourth-order valence-corrected chi connectivity index (χ4v) is 1.64. The molecule has 16 heavy (non-hydrogen) atoms. The van der Waals surface area contributed by atoms with Gasteiger partial charge in [-0.25, -0.2) is 9.78 Å². The van der Waals surface area contributed by atoms with Gasteiger partial charge in [0.25, 0.3) is 0 Å². The van der Waals surface area contributed by atoms with Crippen molar-refractivity contribution in [2.24, 2.45) is 0 Å². The zero-order valence-corrected chi connectivity index (χ0v) is 9.86. The zero-order valence-electron chi connectivity index (χ0n) is 9.86. The van der Waals surface area contributed by atoms with Crippen LogP contribution in [0.3, 0.4) is 0 Å². The third-order valence-corrected chi connectivity index (χ3v) is 2.47. The number of carbonyl (C=O) groups is 1. The normalized spacial score (nSPS) is 17.1. The van der Waals surface area contributed by atoms with Gasteiger partial charge >= 0.3 is 6.09 Å². The van der Waals surface area contributed by atoms with E-state index in [-0.39, 0.29) is 6.09 Å². The van der Waals surface area contributed by atoms with Gasteiger partial charge in [0.05, 0.1) is 12.0 Å². The van der Waals surface area contributed by atoms with E-state index >= 15 is 0 Å². The van der Waals surface area contributed by atoms with Gasteiger partial charge in [-0.2, -0.15) is 0 Å². The first-order valence-corrected chi connectivity index (χ1v) is 5.42. The monoisotopic (exact) mass is 223 g/mol. The summed E-state index contributed by atoms with van der Waals surface area (Å²) in [6.45, 7) is 7.00. The summed E-state index contributed by atoms with van der Waals surface area (Å²) in [5.74, 6) is 0.346. The van der Waals surface area contributed by atoms with Crippen molar-refractivity contribution in [2.45, 2.75) is 32.3 Å². The van der Waals surface area contributed by atoms with Gasteiger partial charge in [-0.3, -0.25) is 0 Å². The van der Waals surface area contributed by atoms with Crippen LogP contribution in [0, 0.1) is 0 Å². The van der Waals surface area contributed by atoms with Gasteiger partial charge in [0, 0.05) is 25.2 Å². The summed E-state index contributed by atoms with van der Waals surface area (Å²) < 4.78 is 5.27. The average Bonchev–Trinajstić information content (AvgIpc) is 2.49. The van der Waals surface area contributed by atoms with Gasteiger partial charge in [-0.15, -0.1) is 0 Å². The lowest BCUT2D eigenvalue weighted by molar-refractivity contribution is 0.00791. The molecule has 1 aromatic heterocycles. The van der Waals surface area contributed by atoms with Crippen LogP contribution >= 0.6 is 0 Å². The second-order valence-corrected chi connectivity index (χ2v) is 5.08. The fraction of sp³-hybridized carbons (Fsp3) is 0.636. The smallest absolute Gasteiger partial charge is 0.410 e. The summed E-state index contributed by atoms with van der Waals surface area (Å²) in [6.07, 6.45) is 3.29. The highest BCUT2D eigenvalue weighted by atomic mass is 16.6. The van der Waals surface area contributed by atoms with Crippen molar-refractivity contribution in [1.29, 1.82) is 0 Å². The van der Waals surface area contributed by atoms with Crippen molar-refractivity contribution >= 4 is 6.09 Å². The predicted octanol–water partition coefficient (Wildman–Crippen LogP) is 1.74. The number of likely N-dealkylation sites (tertiary alicyclic amines) is 1. The van der Waals surface area contributed by atoms with E-state index in [0.717, 1.165) is 5.69 Å². The summed E-state index contributed by atoms with van der Waals surface area (Å²) >= 11 is 0. The van der Waals surface area contributed by atoms with Crippen LogP contribution in [0.25, 0.3) is 0 Å². The van der Waals surface area contributed by atoms with Crippen molar-refractivity contribution in [3.05, 3.63) is 18.2 Å². The molecule has 0 atom stereocenters. The maximum Gasteiger partial charge on any atom is 0.410 e. The molecule has 0 bridgehead atoms. The Bertz CT molecular complexity index is 361. The number of nitrogens with zero attached hydrogens (tertiary/aromatic N) is 2. The lowest BCUT2D eigenvalue weighted by atomic mass is 9.98. The van der Waals surface area contributed by atoms with Crippen LogP contribution in [0.1, 0.15) is 32.4 Å². The molecule has 0 radical (unpaired) electrons. The Morgan fingerprint density at radius 2 is 2.25 bits per heavy atom. The van der Waals surface area contributed by atoms with Gasteiger partial charge in [0.1, 0.15) is 5.60 Å². The molecule has 5 nitrogen and oxygen atoms in total. The van der Waals surface area contributed by atoms with Gasteiger partial charge in [-0.1, -0.05) is 0 Å². The van der Waals surface area contributed by atoms with Crippen LogP contribution in [0.2, 0.25) is 0 Å². The third-order valence-electron chi connectivity index (χ3n) is 2.47. The lowest BCUT2D eigenvalue weighted by Gasteiger charge is -2.38. The van der Waals surface area contributed by atoms with E-state index in [0.29, 0.717) is 19.0 Å². The first-order valence-electron chi connectivity index (χ1n) is 5.42. The Balaban J connectivity index is 1.82. The molecule has 1 saturated heterocycles. The largest absolute Gasteiger partial charge is 0.444 e. The number of carbonyl (C=O) groups excluding carboxylic acids is 1. The Kier molecular flexibility index (Phi) is 2.61. The van der Waals surface area contributed by atoms with Crippen molar-refractivity contribution in [1.82, 2.24) is 14.9 Å². The molecule has 1 aromatic rings. The molecule has 1 aliphatic rings. The molecule has 0 unspecified atom stereocenters. The number of rotatable bonds is 1. The highest BCUT2D eigenvalue weighted by Crippen LogP contribution is 2.26. The minimum atomic E-state index is -0.422. The Morgan fingerprint density at radius 3 is 2.75 bits per heavy atom. The molecular formula is C11H17N3O2. The predicted molar refractivity (Wildman–Crippen MR) is 59.1 cm³/mol. The number of amides is 1. The Morgan fingerprint density at radius 1 is 1.56 bits per heavy atom. The van der Waals surface area contributed by atoms with E-state index in [2.05, 4.69) is 9.97 Å². The van der Waals surface area contributed by atoms with Gasteiger partial charge < -0.3 is 14.6 Å². The summed E-state index contributed by atoms with van der Waals surface area (Å²) in [6, 6.07) is 0. The summed E-state index contributed by atoms with van der Waals surface area (Å²) in [7, 11) is 0. The van der Waals surface area contributed by atoms with E-state index < -0.39 is 5.60 Å². The number of aromatic nitrogens is 2. The molecule has 1 N–H and O–H groups in total. The molecule has 1 amide bonds. The molecule has 0 spiro atoms. The Labute approximate surface area is 94.8 Å². The number of nitrogens with one attached hydrogen (secondary N) is 1. The molecule has 88 valence electrons. The standard InChI is InChI=1S/C11H17N3O2/c1-11(2,3)16-10(15)14-5-8(6-14)9-4-12-7-13-9/h4,7-8H,5-6H2,1-3H3,(H,12,13). The second-order valence-electron chi connectivity index (χ2n) is 5.08. The number of aromatic amines is 1. The minimum Gasteiger partial charge on any atom is -0.444 e. The lowest BCUT2D eigenvalue weighted by Crippen LogP contribution is -2.50. The topological polar surface area (TPSA) is 58.2 Å². The van der Waals surface area contributed by atoms with Crippen molar-refractivity contribution in [3.8, 4) is 0 Å². The quantitative estimate of drug-likeness (QED) is 0.789. The molecular weight excluding hydrogens is 206 g/mol.